The second-order valence-electron chi connectivity index (χ2n) is 3.41. The average molecular weight is 258 g/mol. The van der Waals surface area contributed by atoms with Gasteiger partial charge in [0.05, 0.1) is 0 Å². The fraction of sp³-hybridized carbons (Fsp3) is 0.182. The third kappa shape index (κ3) is 3.91. The Morgan fingerprint density at radius 3 is 2.44 bits per heavy atom. The van der Waals surface area contributed by atoms with Crippen LogP contribution in [0, 0.1) is 5.82 Å². The Morgan fingerprint density at radius 2 is 1.89 bits per heavy atom. The number of nitrogens with zero attached hydrogens (tertiary/aromatic N) is 2. The summed E-state index contributed by atoms with van der Waals surface area (Å²) in [5.74, 6) is -1.58. The van der Waals surface area contributed by atoms with E-state index < -0.39 is 5.97 Å². The molecule has 1 aromatic carbocycles. The Balaban J connectivity index is 0.00000162. The first-order valence-electron chi connectivity index (χ1n) is 4.93. The molecule has 1 heterocycles. The van der Waals surface area contributed by atoms with Gasteiger partial charge in [-0.15, -0.1) is 10.2 Å². The zero-order valence-electron chi connectivity index (χ0n) is 9.72. The van der Waals surface area contributed by atoms with E-state index in [1.54, 1.807) is 12.1 Å². The van der Waals surface area contributed by atoms with Gasteiger partial charge in [0.15, 0.2) is 5.01 Å². The topological polar surface area (TPSA) is 65.9 Å². The zero-order chi connectivity index (χ0) is 12.3. The molecule has 0 aliphatic carbocycles. The number of benzene rings is 1. The fourth-order valence-electron chi connectivity index (χ4n) is 1.34. The van der Waals surface area contributed by atoms with Crippen LogP contribution in [0.2, 0.25) is 0 Å². The van der Waals surface area contributed by atoms with E-state index in [4.69, 9.17) is 0 Å². The van der Waals surface area contributed by atoms with E-state index >= 15 is 0 Å². The van der Waals surface area contributed by atoms with Gasteiger partial charge in [0.2, 0.25) is 0 Å². The van der Waals surface area contributed by atoms with E-state index in [9.17, 15) is 14.3 Å². The maximum absolute atomic E-state index is 12.6. The second kappa shape index (κ2) is 6.64. The van der Waals surface area contributed by atoms with Crippen LogP contribution in [0.5, 0.6) is 0 Å². The normalized spacial score (nSPS) is 9.83. The van der Waals surface area contributed by atoms with Gasteiger partial charge in [0.25, 0.3) is 0 Å². The first-order valence-corrected chi connectivity index (χ1v) is 5.75. The number of carboxylic acids is 1. The van der Waals surface area contributed by atoms with Crippen LogP contribution in [0.4, 0.5) is 4.39 Å². The third-order valence-corrected chi connectivity index (χ3v) is 3.15. The Bertz CT molecular complexity index is 530. The fourth-order valence-corrected chi connectivity index (χ4v) is 2.01. The van der Waals surface area contributed by atoms with Crippen LogP contribution in [-0.4, -0.2) is 16.2 Å². The van der Waals surface area contributed by atoms with E-state index in [1.807, 2.05) is 0 Å². The minimum Gasteiger partial charge on any atom is -0.542 e. The van der Waals surface area contributed by atoms with Gasteiger partial charge >= 0.3 is 18.9 Å². The Morgan fingerprint density at radius 1 is 1.22 bits per heavy atom. The molecular weight excluding hydrogens is 250 g/mol. The van der Waals surface area contributed by atoms with Crippen molar-refractivity contribution in [1.29, 1.82) is 0 Å². The summed E-state index contributed by atoms with van der Waals surface area (Å²) in [5, 5.41) is 18.2. The number of hydrogen-bond acceptors (Lipinski definition) is 5. The van der Waals surface area contributed by atoms with Gasteiger partial charge in [-0.2, -0.15) is 0 Å². The van der Waals surface area contributed by atoms with Crippen molar-refractivity contribution in [2.45, 2.75) is 12.8 Å². The van der Waals surface area contributed by atoms with Gasteiger partial charge in [-0.05, 0) is 24.1 Å². The molecule has 2 rings (SSSR count). The molecule has 0 aliphatic heterocycles. The van der Waals surface area contributed by atoms with Crippen LogP contribution in [-0.2, 0) is 12.8 Å². The summed E-state index contributed by atoms with van der Waals surface area (Å²) in [6.07, 6.45) is 1.25. The Labute approximate surface area is 119 Å². The molecule has 0 bridgehead atoms. The predicted octanol–water partition coefficient (Wildman–Crippen LogP) is -2.17. The number of carbonyl (C=O) groups is 1. The molecule has 0 unspecified atom stereocenters. The number of hydrogen-bond donors (Lipinski definition) is 0. The van der Waals surface area contributed by atoms with Crippen LogP contribution in [0.3, 0.4) is 0 Å². The van der Waals surface area contributed by atoms with Gasteiger partial charge in [-0.25, -0.2) is 4.39 Å². The van der Waals surface area contributed by atoms with Crippen molar-refractivity contribution >= 4 is 17.3 Å². The molecule has 0 spiro atoms. The van der Waals surface area contributed by atoms with Crippen molar-refractivity contribution in [2.75, 3.05) is 0 Å². The largest absolute Gasteiger partial charge is 1.00 e. The molecule has 0 saturated carbocycles. The summed E-state index contributed by atoms with van der Waals surface area (Å²) in [6.45, 7) is 0. The smallest absolute Gasteiger partial charge is 0.542 e. The molecule has 0 atom stereocenters. The third-order valence-electron chi connectivity index (χ3n) is 2.18. The molecular formula is C11H8FLiN2O2S. The summed E-state index contributed by atoms with van der Waals surface area (Å²) >= 11 is 1.01. The Kier molecular flexibility index (Phi) is 5.47. The molecule has 1 aromatic heterocycles. The van der Waals surface area contributed by atoms with Crippen LogP contribution in [0.15, 0.2) is 24.3 Å². The maximum Gasteiger partial charge on any atom is 1.00 e. The molecule has 7 heteroatoms. The van der Waals surface area contributed by atoms with Crippen LogP contribution in [0.1, 0.15) is 20.4 Å². The van der Waals surface area contributed by atoms with Gasteiger partial charge in [0, 0.05) is 6.42 Å². The summed E-state index contributed by atoms with van der Waals surface area (Å²) < 4.78 is 12.6. The van der Waals surface area contributed by atoms with Crippen molar-refractivity contribution in [3.05, 3.63) is 45.7 Å². The van der Waals surface area contributed by atoms with E-state index in [0.29, 0.717) is 17.8 Å². The van der Waals surface area contributed by atoms with Crippen LogP contribution < -0.4 is 24.0 Å². The quantitative estimate of drug-likeness (QED) is 0.585. The minimum atomic E-state index is -1.31. The van der Waals surface area contributed by atoms with Gasteiger partial charge in [0.1, 0.15) is 16.8 Å². The summed E-state index contributed by atoms with van der Waals surface area (Å²) in [7, 11) is 0. The van der Waals surface area contributed by atoms with Gasteiger partial charge in [-0.3, -0.25) is 0 Å². The molecule has 0 aliphatic rings. The van der Waals surface area contributed by atoms with Crippen molar-refractivity contribution in [2.24, 2.45) is 0 Å². The van der Waals surface area contributed by atoms with E-state index in [1.165, 1.54) is 12.1 Å². The standard InChI is InChI=1S/C11H9FN2O2S.Li/c12-8-4-1-7(2-5-8)3-6-9-13-14-10(17-9)11(15)16;/h1-2,4-5H,3,6H2,(H,15,16);/q;+1/p-1. The molecule has 4 nitrogen and oxygen atoms in total. The first-order chi connectivity index (χ1) is 8.15. The number of aryl methyl sites for hydroxylation is 2. The number of aromatic carboxylic acids is 1. The summed E-state index contributed by atoms with van der Waals surface area (Å²) in [4.78, 5) is 10.5. The molecule has 0 amide bonds. The second-order valence-corrected chi connectivity index (χ2v) is 4.48. The first kappa shape index (κ1) is 14.8. The van der Waals surface area contributed by atoms with Crippen molar-refractivity contribution in [1.82, 2.24) is 10.2 Å². The average Bonchev–Trinajstić information content (AvgIpc) is 2.77. The molecule has 0 fully saturated rings. The zero-order valence-corrected chi connectivity index (χ0v) is 10.5. The van der Waals surface area contributed by atoms with Crippen LogP contribution in [0.25, 0.3) is 0 Å². The monoisotopic (exact) mass is 258 g/mol. The maximum atomic E-state index is 12.6. The molecule has 0 radical (unpaired) electrons. The molecule has 0 saturated heterocycles. The number of aromatic nitrogens is 2. The number of carbonyl (C=O) groups excluding carboxylic acids is 1. The molecule has 0 N–H and O–H groups in total. The Hall–Kier alpha value is -1.22. The van der Waals surface area contributed by atoms with E-state index in [-0.39, 0.29) is 29.7 Å². The number of halogens is 1. The van der Waals surface area contributed by atoms with Gasteiger partial charge in [-0.1, -0.05) is 23.5 Å². The van der Waals surface area contributed by atoms with Crippen molar-refractivity contribution < 1.29 is 33.2 Å². The van der Waals surface area contributed by atoms with Crippen LogP contribution >= 0.6 is 11.3 Å². The molecule has 2 aromatic rings. The SMILES string of the molecule is O=C([O-])c1nnc(CCc2ccc(F)cc2)s1.[Li+]. The minimum absolute atomic E-state index is 0. The number of carboxylic acid groups (broad SMARTS) is 1. The molecule has 18 heavy (non-hydrogen) atoms. The van der Waals surface area contributed by atoms with Crippen molar-refractivity contribution in [3.63, 3.8) is 0 Å². The van der Waals surface area contributed by atoms with Crippen molar-refractivity contribution in [3.8, 4) is 0 Å². The van der Waals surface area contributed by atoms with E-state index in [2.05, 4.69) is 10.2 Å². The molecule has 88 valence electrons. The van der Waals surface area contributed by atoms with Gasteiger partial charge < -0.3 is 9.90 Å². The van der Waals surface area contributed by atoms with E-state index in [0.717, 1.165) is 16.9 Å². The summed E-state index contributed by atoms with van der Waals surface area (Å²) in [5.41, 5.74) is 0.969. The summed E-state index contributed by atoms with van der Waals surface area (Å²) in [6, 6.07) is 6.16. The predicted molar refractivity (Wildman–Crippen MR) is 58.0 cm³/mol. The number of rotatable bonds is 4.